The van der Waals surface area contributed by atoms with Crippen molar-refractivity contribution < 1.29 is 19.4 Å². The highest BCUT2D eigenvalue weighted by molar-refractivity contribution is 5.83. The number of allylic oxidation sites excluding steroid dienone is 2. The molecule has 0 saturated heterocycles. The van der Waals surface area contributed by atoms with E-state index >= 15 is 0 Å². The minimum absolute atomic E-state index is 0.00848. The van der Waals surface area contributed by atoms with Gasteiger partial charge in [0.2, 0.25) is 0 Å². The maximum atomic E-state index is 12.1. The molecule has 1 aliphatic rings. The van der Waals surface area contributed by atoms with E-state index in [1.807, 2.05) is 0 Å². The van der Waals surface area contributed by atoms with Gasteiger partial charge in [0, 0.05) is 32.4 Å². The molecule has 54 heavy (non-hydrogen) atoms. The SMILES string of the molecule is CCCCCCCCC=CCCCCCCCCOC(=O)CCCCCCCCCCCCCN1CCN=C1CCCCCCCCCCCCC(=O)O. The molecule has 0 radical (unpaired) electrons. The highest BCUT2D eigenvalue weighted by Crippen LogP contribution is 2.17. The summed E-state index contributed by atoms with van der Waals surface area (Å²) < 4.78 is 5.48. The van der Waals surface area contributed by atoms with Gasteiger partial charge in [0.15, 0.2) is 0 Å². The van der Waals surface area contributed by atoms with E-state index in [2.05, 4.69) is 24.0 Å². The third-order valence-corrected chi connectivity index (χ3v) is 11.3. The second-order valence-electron chi connectivity index (χ2n) is 16.5. The molecule has 0 atom stereocenters. The van der Waals surface area contributed by atoms with Gasteiger partial charge in [-0.2, -0.15) is 0 Å². The van der Waals surface area contributed by atoms with Gasteiger partial charge in [-0.05, 0) is 57.8 Å². The van der Waals surface area contributed by atoms with E-state index in [4.69, 9.17) is 14.8 Å². The molecule has 0 amide bonds. The fourth-order valence-corrected chi connectivity index (χ4v) is 7.75. The number of hydrogen-bond donors (Lipinski definition) is 1. The van der Waals surface area contributed by atoms with Crippen molar-refractivity contribution in [2.75, 3.05) is 26.2 Å². The predicted molar refractivity (Wildman–Crippen MR) is 233 cm³/mol. The Morgan fingerprint density at radius 2 is 0.981 bits per heavy atom. The minimum atomic E-state index is -0.663. The second-order valence-corrected chi connectivity index (χ2v) is 16.5. The second kappa shape index (κ2) is 40.8. The summed E-state index contributed by atoms with van der Waals surface area (Å²) in [6, 6.07) is 0. The monoisotopic (exact) mass is 759 g/mol. The molecule has 1 heterocycles. The summed E-state index contributed by atoms with van der Waals surface area (Å²) in [6.07, 6.45) is 51.4. The Balaban J connectivity index is 1.77. The quantitative estimate of drug-likeness (QED) is 0.0380. The fraction of sp³-hybridized carbons (Fsp3) is 0.896. The van der Waals surface area contributed by atoms with Crippen LogP contribution in [-0.4, -0.2) is 54.0 Å². The van der Waals surface area contributed by atoms with Gasteiger partial charge < -0.3 is 14.7 Å². The van der Waals surface area contributed by atoms with E-state index in [1.165, 1.54) is 205 Å². The van der Waals surface area contributed by atoms with Crippen molar-refractivity contribution in [2.45, 2.75) is 251 Å². The van der Waals surface area contributed by atoms with E-state index in [9.17, 15) is 9.59 Å². The molecule has 0 bridgehead atoms. The number of esters is 1. The summed E-state index contributed by atoms with van der Waals surface area (Å²) >= 11 is 0. The van der Waals surface area contributed by atoms with Gasteiger partial charge >= 0.3 is 11.9 Å². The normalized spacial score (nSPS) is 13.0. The van der Waals surface area contributed by atoms with Crippen LogP contribution in [0.1, 0.15) is 251 Å². The Labute approximate surface area is 335 Å². The first-order valence-electron chi connectivity index (χ1n) is 23.9. The molecule has 0 aromatic rings. The van der Waals surface area contributed by atoms with Crippen LogP contribution in [0, 0.1) is 0 Å². The lowest BCUT2D eigenvalue weighted by molar-refractivity contribution is -0.144. The van der Waals surface area contributed by atoms with Gasteiger partial charge in [-0.15, -0.1) is 0 Å². The van der Waals surface area contributed by atoms with Gasteiger partial charge in [0.1, 0.15) is 0 Å². The van der Waals surface area contributed by atoms with Crippen LogP contribution < -0.4 is 0 Å². The van der Waals surface area contributed by atoms with Crippen molar-refractivity contribution in [3.05, 3.63) is 12.2 Å². The largest absolute Gasteiger partial charge is 0.481 e. The molecule has 6 nitrogen and oxygen atoms in total. The third-order valence-electron chi connectivity index (χ3n) is 11.3. The van der Waals surface area contributed by atoms with Gasteiger partial charge in [-0.25, -0.2) is 0 Å². The molecule has 0 aromatic heterocycles. The van der Waals surface area contributed by atoms with Crippen molar-refractivity contribution in [1.82, 2.24) is 4.90 Å². The van der Waals surface area contributed by atoms with E-state index in [0.717, 1.165) is 51.6 Å². The Morgan fingerprint density at radius 3 is 1.50 bits per heavy atom. The lowest BCUT2D eigenvalue weighted by Gasteiger charge is -2.20. The van der Waals surface area contributed by atoms with Crippen LogP contribution in [0.4, 0.5) is 0 Å². The number of ether oxygens (including phenoxy) is 1. The summed E-state index contributed by atoms with van der Waals surface area (Å²) in [4.78, 5) is 30.0. The number of unbranched alkanes of at least 4 members (excludes halogenated alkanes) is 31. The maximum Gasteiger partial charge on any atom is 0.305 e. The zero-order valence-corrected chi connectivity index (χ0v) is 35.9. The zero-order valence-electron chi connectivity index (χ0n) is 35.9. The number of nitrogens with zero attached hydrogens (tertiary/aromatic N) is 2. The van der Waals surface area contributed by atoms with Crippen LogP contribution in [0.25, 0.3) is 0 Å². The highest BCUT2D eigenvalue weighted by Gasteiger charge is 2.15. The number of carboxylic acid groups (broad SMARTS) is 1. The molecule has 1 aliphatic heterocycles. The number of hydrogen-bond acceptors (Lipinski definition) is 5. The molecule has 0 saturated carbocycles. The van der Waals surface area contributed by atoms with Crippen molar-refractivity contribution in [1.29, 1.82) is 0 Å². The lowest BCUT2D eigenvalue weighted by atomic mass is 10.0. The minimum Gasteiger partial charge on any atom is -0.481 e. The van der Waals surface area contributed by atoms with Crippen LogP contribution in [0.3, 0.4) is 0 Å². The standard InChI is InChI=1S/C48H90N2O4/c1-2-3-4-5-6-7-8-9-10-11-12-18-23-28-33-38-45-54-48(53)41-36-31-26-21-14-13-17-22-27-32-37-43-50-44-42-49-46(50)39-34-29-24-19-15-16-20-25-30-35-40-47(51)52/h9-10H,2-8,11-45H2,1H3,(H,51,52). The number of aliphatic imine (C=N–C) groups is 1. The van der Waals surface area contributed by atoms with Gasteiger partial charge in [0.05, 0.1) is 19.0 Å². The van der Waals surface area contributed by atoms with E-state index in [0.29, 0.717) is 19.4 Å². The Bertz CT molecular complexity index is 888. The van der Waals surface area contributed by atoms with Crippen molar-refractivity contribution in [3.63, 3.8) is 0 Å². The first kappa shape index (κ1) is 50.2. The number of carbonyl (C=O) groups is 2. The average molecular weight is 759 g/mol. The summed E-state index contributed by atoms with van der Waals surface area (Å²) in [6.45, 7) is 6.20. The fourth-order valence-electron chi connectivity index (χ4n) is 7.75. The number of amidine groups is 1. The third kappa shape index (κ3) is 35.8. The zero-order chi connectivity index (χ0) is 38.8. The molecule has 316 valence electrons. The van der Waals surface area contributed by atoms with Crippen LogP contribution in [0.15, 0.2) is 17.1 Å². The van der Waals surface area contributed by atoms with Crippen LogP contribution >= 0.6 is 0 Å². The smallest absolute Gasteiger partial charge is 0.305 e. The molecule has 1 rings (SSSR count). The molecule has 0 fully saturated rings. The van der Waals surface area contributed by atoms with Crippen LogP contribution in [0.2, 0.25) is 0 Å². The van der Waals surface area contributed by atoms with E-state index in [1.54, 1.807) is 0 Å². The molecular formula is C48H90N2O4. The molecular weight excluding hydrogens is 669 g/mol. The average Bonchev–Trinajstić information content (AvgIpc) is 3.62. The van der Waals surface area contributed by atoms with Crippen LogP contribution in [0.5, 0.6) is 0 Å². The lowest BCUT2D eigenvalue weighted by Crippen LogP contribution is -2.28. The summed E-state index contributed by atoms with van der Waals surface area (Å²) in [5, 5.41) is 8.69. The molecule has 0 aliphatic carbocycles. The summed E-state index contributed by atoms with van der Waals surface area (Å²) in [5.74, 6) is 0.718. The number of carbonyl (C=O) groups excluding carboxylic acids is 1. The highest BCUT2D eigenvalue weighted by atomic mass is 16.5. The van der Waals surface area contributed by atoms with Gasteiger partial charge in [0.25, 0.3) is 0 Å². The summed E-state index contributed by atoms with van der Waals surface area (Å²) in [7, 11) is 0. The first-order chi connectivity index (χ1) is 26.6. The van der Waals surface area contributed by atoms with E-state index < -0.39 is 5.97 Å². The Hall–Kier alpha value is -1.85. The molecule has 6 heteroatoms. The van der Waals surface area contributed by atoms with Gasteiger partial charge in [-0.3, -0.25) is 14.6 Å². The molecule has 0 spiro atoms. The number of aliphatic carboxylic acids is 1. The molecule has 0 unspecified atom stereocenters. The number of rotatable bonds is 43. The topological polar surface area (TPSA) is 79.2 Å². The van der Waals surface area contributed by atoms with Gasteiger partial charge in [-0.1, -0.05) is 186 Å². The first-order valence-corrected chi connectivity index (χ1v) is 23.9. The van der Waals surface area contributed by atoms with Crippen molar-refractivity contribution >= 4 is 17.8 Å². The number of carboxylic acids is 1. The van der Waals surface area contributed by atoms with Crippen molar-refractivity contribution in [2.24, 2.45) is 4.99 Å². The van der Waals surface area contributed by atoms with Crippen LogP contribution in [-0.2, 0) is 14.3 Å². The Kier molecular flexibility index (Phi) is 37.9. The Morgan fingerprint density at radius 1 is 0.556 bits per heavy atom. The molecule has 1 N–H and O–H groups in total. The van der Waals surface area contributed by atoms with Crippen molar-refractivity contribution in [3.8, 4) is 0 Å². The molecule has 0 aromatic carbocycles. The summed E-state index contributed by atoms with van der Waals surface area (Å²) in [5.41, 5.74) is 0. The predicted octanol–water partition coefficient (Wildman–Crippen LogP) is 14.7. The van der Waals surface area contributed by atoms with E-state index in [-0.39, 0.29) is 5.97 Å². The maximum absolute atomic E-state index is 12.1.